The van der Waals surface area contributed by atoms with Crippen molar-refractivity contribution in [3.05, 3.63) is 54.5 Å². The van der Waals surface area contributed by atoms with E-state index in [1.54, 1.807) is 6.07 Å². The van der Waals surface area contributed by atoms with Crippen LogP contribution in [0.15, 0.2) is 53.1 Å². The van der Waals surface area contributed by atoms with Gasteiger partial charge in [0.1, 0.15) is 0 Å². The summed E-state index contributed by atoms with van der Waals surface area (Å²) >= 11 is 0. The molecule has 0 bridgehead atoms. The molecular weight excluding hydrogens is 348 g/mol. The van der Waals surface area contributed by atoms with Crippen LogP contribution in [0, 0.1) is 5.92 Å². The van der Waals surface area contributed by atoms with Gasteiger partial charge in [0.05, 0.1) is 12.8 Å². The molecule has 0 saturated carbocycles. The van der Waals surface area contributed by atoms with Gasteiger partial charge in [-0.3, -0.25) is 30.1 Å². The van der Waals surface area contributed by atoms with E-state index in [2.05, 4.69) is 16.2 Å². The minimum absolute atomic E-state index is 0.0102. The highest BCUT2D eigenvalue weighted by Crippen LogP contribution is 2.19. The highest BCUT2D eigenvalue weighted by molar-refractivity contribution is 5.93. The minimum atomic E-state index is -0.510. The van der Waals surface area contributed by atoms with Crippen LogP contribution in [0.4, 0.5) is 5.69 Å². The normalized spacial score (nSPS) is 15.1. The number of carbonyl (C=O) groups is 3. The molecule has 1 aliphatic heterocycles. The van der Waals surface area contributed by atoms with Gasteiger partial charge in [0.15, 0.2) is 5.76 Å². The van der Waals surface area contributed by atoms with Gasteiger partial charge in [-0.15, -0.1) is 0 Å². The molecule has 3 amide bonds. The van der Waals surface area contributed by atoms with Gasteiger partial charge < -0.3 is 9.73 Å². The molecule has 3 N–H and O–H groups in total. The van der Waals surface area contributed by atoms with E-state index in [1.165, 1.54) is 12.3 Å². The van der Waals surface area contributed by atoms with Crippen LogP contribution in [0.2, 0.25) is 0 Å². The van der Waals surface area contributed by atoms with E-state index in [0.29, 0.717) is 25.9 Å². The van der Waals surface area contributed by atoms with Gasteiger partial charge >= 0.3 is 5.91 Å². The van der Waals surface area contributed by atoms with Crippen molar-refractivity contribution >= 4 is 23.4 Å². The molecule has 2 heterocycles. The zero-order chi connectivity index (χ0) is 19.1. The molecule has 1 aromatic heterocycles. The van der Waals surface area contributed by atoms with Gasteiger partial charge in [0.2, 0.25) is 5.91 Å². The van der Waals surface area contributed by atoms with Crippen molar-refractivity contribution < 1.29 is 18.8 Å². The zero-order valence-corrected chi connectivity index (χ0v) is 14.8. The van der Waals surface area contributed by atoms with Crippen LogP contribution < -0.4 is 16.2 Å². The Morgan fingerprint density at radius 2 is 1.74 bits per heavy atom. The van der Waals surface area contributed by atoms with Gasteiger partial charge in [-0.25, -0.2) is 0 Å². The van der Waals surface area contributed by atoms with Crippen molar-refractivity contribution in [3.8, 4) is 0 Å². The first-order valence-corrected chi connectivity index (χ1v) is 8.83. The summed E-state index contributed by atoms with van der Waals surface area (Å²) in [4.78, 5) is 37.9. The Hall–Kier alpha value is -3.13. The molecule has 8 heteroatoms. The average molecular weight is 370 g/mol. The van der Waals surface area contributed by atoms with Crippen LogP contribution in [0.3, 0.4) is 0 Å². The Balaban J connectivity index is 1.37. The summed E-state index contributed by atoms with van der Waals surface area (Å²) in [6.45, 7) is 1.45. The second kappa shape index (κ2) is 9.00. The molecule has 0 unspecified atom stereocenters. The summed E-state index contributed by atoms with van der Waals surface area (Å²) in [5.74, 6) is -0.758. The molecule has 27 heavy (non-hydrogen) atoms. The standard InChI is InChI=1S/C19H22N4O4/c24-17(21-22-19(26)16-7-4-12-27-16)13-23-10-8-14(9-11-23)18(25)20-15-5-2-1-3-6-15/h1-7,12,14H,8-11,13H2,(H,20,25)(H,21,24)(H,22,26). The average Bonchev–Trinajstić information content (AvgIpc) is 3.22. The van der Waals surface area contributed by atoms with E-state index in [0.717, 1.165) is 5.69 Å². The fourth-order valence-electron chi connectivity index (χ4n) is 2.96. The molecule has 0 atom stereocenters. The highest BCUT2D eigenvalue weighted by atomic mass is 16.3. The van der Waals surface area contributed by atoms with E-state index < -0.39 is 5.91 Å². The van der Waals surface area contributed by atoms with E-state index in [9.17, 15) is 14.4 Å². The Morgan fingerprint density at radius 1 is 1.00 bits per heavy atom. The number of piperidine rings is 1. The molecule has 1 aliphatic rings. The number of nitrogens with zero attached hydrogens (tertiary/aromatic N) is 1. The number of hydrazine groups is 1. The van der Waals surface area contributed by atoms with Gasteiger partial charge in [-0.1, -0.05) is 18.2 Å². The number of para-hydroxylation sites is 1. The largest absolute Gasteiger partial charge is 0.459 e. The molecular formula is C19H22N4O4. The van der Waals surface area contributed by atoms with Crippen molar-refractivity contribution in [2.75, 3.05) is 25.0 Å². The number of nitrogens with one attached hydrogen (secondary N) is 3. The number of hydrogen-bond donors (Lipinski definition) is 3. The summed E-state index contributed by atoms with van der Waals surface area (Å²) in [7, 11) is 0. The number of hydrogen-bond acceptors (Lipinski definition) is 5. The zero-order valence-electron chi connectivity index (χ0n) is 14.8. The lowest BCUT2D eigenvalue weighted by Crippen LogP contribution is -2.48. The quantitative estimate of drug-likeness (QED) is 0.690. The Morgan fingerprint density at radius 3 is 2.41 bits per heavy atom. The second-order valence-corrected chi connectivity index (χ2v) is 6.39. The molecule has 1 fully saturated rings. The molecule has 0 aliphatic carbocycles. The molecule has 0 radical (unpaired) electrons. The maximum Gasteiger partial charge on any atom is 0.305 e. The molecule has 1 aromatic carbocycles. The van der Waals surface area contributed by atoms with Crippen molar-refractivity contribution in [1.29, 1.82) is 0 Å². The van der Waals surface area contributed by atoms with Crippen LogP contribution in [0.25, 0.3) is 0 Å². The number of amides is 3. The number of furan rings is 1. The molecule has 0 spiro atoms. The van der Waals surface area contributed by atoms with E-state index in [-0.39, 0.29) is 30.0 Å². The van der Waals surface area contributed by atoms with Crippen LogP contribution in [-0.4, -0.2) is 42.3 Å². The third kappa shape index (κ3) is 5.42. The third-order valence-corrected chi connectivity index (χ3v) is 4.43. The van der Waals surface area contributed by atoms with Gasteiger partial charge in [0.25, 0.3) is 5.91 Å². The van der Waals surface area contributed by atoms with Crippen molar-refractivity contribution in [1.82, 2.24) is 15.8 Å². The predicted molar refractivity (Wildman–Crippen MR) is 98.6 cm³/mol. The SMILES string of the molecule is O=C(CN1CCC(C(=O)Nc2ccccc2)CC1)NNC(=O)c1ccco1. The molecule has 8 nitrogen and oxygen atoms in total. The summed E-state index contributed by atoms with van der Waals surface area (Å²) < 4.78 is 4.94. The Bertz CT molecular complexity index is 768. The smallest absolute Gasteiger partial charge is 0.305 e. The van der Waals surface area contributed by atoms with Crippen molar-refractivity contribution in [3.63, 3.8) is 0 Å². The summed E-state index contributed by atoms with van der Waals surface area (Å²) in [5.41, 5.74) is 5.46. The lowest BCUT2D eigenvalue weighted by molar-refractivity contribution is -0.124. The maximum atomic E-state index is 12.3. The third-order valence-electron chi connectivity index (χ3n) is 4.43. The van der Waals surface area contributed by atoms with Gasteiger partial charge in [-0.2, -0.15) is 0 Å². The molecule has 2 aromatic rings. The Labute approximate surface area is 156 Å². The fraction of sp³-hybridized carbons (Fsp3) is 0.316. The van der Waals surface area contributed by atoms with Crippen LogP contribution >= 0.6 is 0 Å². The highest BCUT2D eigenvalue weighted by Gasteiger charge is 2.26. The summed E-state index contributed by atoms with van der Waals surface area (Å²) in [5, 5.41) is 2.92. The molecule has 1 saturated heterocycles. The lowest BCUT2D eigenvalue weighted by Gasteiger charge is -2.30. The number of carbonyl (C=O) groups excluding carboxylic acids is 3. The fourth-order valence-corrected chi connectivity index (χ4v) is 2.96. The first-order chi connectivity index (χ1) is 13.1. The summed E-state index contributed by atoms with van der Waals surface area (Å²) in [6.07, 6.45) is 2.75. The van der Waals surface area contributed by atoms with Crippen molar-refractivity contribution in [2.24, 2.45) is 5.92 Å². The summed E-state index contributed by atoms with van der Waals surface area (Å²) in [6, 6.07) is 12.5. The number of rotatable bonds is 5. The van der Waals surface area contributed by atoms with E-state index in [4.69, 9.17) is 4.42 Å². The van der Waals surface area contributed by atoms with Crippen molar-refractivity contribution in [2.45, 2.75) is 12.8 Å². The number of anilines is 1. The number of likely N-dealkylation sites (tertiary alicyclic amines) is 1. The monoisotopic (exact) mass is 370 g/mol. The predicted octanol–water partition coefficient (Wildman–Crippen LogP) is 1.39. The van der Waals surface area contributed by atoms with Gasteiger partial charge in [-0.05, 0) is 50.2 Å². The first kappa shape index (κ1) is 18.7. The van der Waals surface area contributed by atoms with E-state index in [1.807, 2.05) is 35.2 Å². The van der Waals surface area contributed by atoms with Crippen LogP contribution in [-0.2, 0) is 9.59 Å². The van der Waals surface area contributed by atoms with E-state index >= 15 is 0 Å². The lowest BCUT2D eigenvalue weighted by atomic mass is 9.96. The maximum absolute atomic E-state index is 12.3. The van der Waals surface area contributed by atoms with Gasteiger partial charge in [0, 0.05) is 11.6 Å². The van der Waals surface area contributed by atoms with Crippen LogP contribution in [0.5, 0.6) is 0 Å². The van der Waals surface area contributed by atoms with Crippen LogP contribution in [0.1, 0.15) is 23.4 Å². The number of benzene rings is 1. The topological polar surface area (TPSA) is 104 Å². The Kier molecular flexibility index (Phi) is 6.22. The second-order valence-electron chi connectivity index (χ2n) is 6.39. The molecule has 3 rings (SSSR count). The minimum Gasteiger partial charge on any atom is -0.459 e. The first-order valence-electron chi connectivity index (χ1n) is 8.83. The molecule has 142 valence electrons.